The van der Waals surface area contributed by atoms with Gasteiger partial charge in [-0.25, -0.2) is 4.98 Å². The van der Waals surface area contributed by atoms with Crippen molar-refractivity contribution in [2.75, 3.05) is 16.8 Å². The average molecular weight is 459 g/mol. The molecule has 3 aliphatic rings. The third-order valence-corrected chi connectivity index (χ3v) is 7.60. The summed E-state index contributed by atoms with van der Waals surface area (Å²) in [4.78, 5) is 48.4. The Morgan fingerprint density at radius 1 is 1.03 bits per heavy atom. The third-order valence-electron chi connectivity index (χ3n) is 6.53. The van der Waals surface area contributed by atoms with Gasteiger partial charge >= 0.3 is 0 Å². The van der Waals surface area contributed by atoms with Crippen molar-refractivity contribution in [2.45, 2.75) is 38.3 Å². The molecule has 1 aliphatic carbocycles. The maximum absolute atomic E-state index is 13.4. The van der Waals surface area contributed by atoms with Crippen molar-refractivity contribution in [3.05, 3.63) is 75.8 Å². The van der Waals surface area contributed by atoms with Crippen LogP contribution in [0.3, 0.4) is 0 Å². The zero-order chi connectivity index (χ0) is 22.5. The highest BCUT2D eigenvalue weighted by atomic mass is 32.1. The first-order valence-electron chi connectivity index (χ1n) is 11.2. The van der Waals surface area contributed by atoms with Crippen LogP contribution >= 0.6 is 11.3 Å². The minimum absolute atomic E-state index is 0.102. The molecule has 0 saturated heterocycles. The Morgan fingerprint density at radius 3 is 2.67 bits per heavy atom. The van der Waals surface area contributed by atoms with E-state index in [-0.39, 0.29) is 24.1 Å². The van der Waals surface area contributed by atoms with Gasteiger partial charge in [0, 0.05) is 29.0 Å². The first kappa shape index (κ1) is 20.1. The molecule has 1 N–H and O–H groups in total. The normalized spacial score (nSPS) is 18.1. The second-order valence-corrected chi connectivity index (χ2v) is 9.63. The summed E-state index contributed by atoms with van der Waals surface area (Å²) >= 11 is 1.56. The number of para-hydroxylation sites is 1. The van der Waals surface area contributed by atoms with Gasteiger partial charge in [-0.05, 0) is 43.9 Å². The van der Waals surface area contributed by atoms with E-state index in [4.69, 9.17) is 0 Å². The molecule has 0 spiro atoms. The number of aryl methyl sites for hydroxylation is 2. The average Bonchev–Trinajstić information content (AvgIpc) is 3.49. The van der Waals surface area contributed by atoms with Gasteiger partial charge in [0.25, 0.3) is 11.8 Å². The van der Waals surface area contributed by atoms with Crippen LogP contribution < -0.4 is 10.2 Å². The lowest BCUT2D eigenvalue weighted by Gasteiger charge is -2.41. The Balaban J connectivity index is 1.21. The van der Waals surface area contributed by atoms with E-state index in [0.29, 0.717) is 34.9 Å². The molecule has 2 aliphatic heterocycles. The van der Waals surface area contributed by atoms with Gasteiger partial charge in [0.15, 0.2) is 5.13 Å². The van der Waals surface area contributed by atoms with Crippen molar-refractivity contribution < 1.29 is 14.4 Å². The predicted molar refractivity (Wildman–Crippen MR) is 125 cm³/mol. The van der Waals surface area contributed by atoms with E-state index < -0.39 is 6.17 Å². The molecule has 166 valence electrons. The quantitative estimate of drug-likeness (QED) is 0.622. The number of hydrogen-bond donors (Lipinski definition) is 1. The number of nitrogens with one attached hydrogen (secondary N) is 1. The lowest BCUT2D eigenvalue weighted by molar-refractivity contribution is -0.116. The predicted octanol–water partition coefficient (Wildman–Crippen LogP) is 4.17. The highest BCUT2D eigenvalue weighted by Gasteiger charge is 2.47. The molecule has 3 amide bonds. The van der Waals surface area contributed by atoms with E-state index in [2.05, 4.69) is 10.3 Å². The molecule has 8 heteroatoms. The second kappa shape index (κ2) is 7.81. The number of rotatable bonds is 5. The molecule has 2 aromatic carbocycles. The van der Waals surface area contributed by atoms with Crippen LogP contribution in [0.4, 0.5) is 10.8 Å². The second-order valence-electron chi connectivity index (χ2n) is 8.55. The van der Waals surface area contributed by atoms with E-state index in [0.717, 1.165) is 30.5 Å². The molecule has 0 radical (unpaired) electrons. The number of carbonyl (C=O) groups excluding carboxylic acids is 3. The van der Waals surface area contributed by atoms with E-state index in [1.54, 1.807) is 33.3 Å². The Labute approximate surface area is 195 Å². The van der Waals surface area contributed by atoms with Crippen LogP contribution in [-0.2, 0) is 17.6 Å². The zero-order valence-electron chi connectivity index (χ0n) is 17.9. The van der Waals surface area contributed by atoms with Crippen LogP contribution in [-0.4, -0.2) is 34.2 Å². The van der Waals surface area contributed by atoms with Gasteiger partial charge in [0.05, 0.1) is 16.9 Å². The van der Waals surface area contributed by atoms with Gasteiger partial charge < -0.3 is 10.2 Å². The van der Waals surface area contributed by atoms with Crippen molar-refractivity contribution in [3.8, 4) is 0 Å². The molecule has 6 rings (SSSR count). The van der Waals surface area contributed by atoms with Crippen molar-refractivity contribution in [2.24, 2.45) is 0 Å². The fraction of sp³-hybridized carbons (Fsp3) is 0.280. The highest BCUT2D eigenvalue weighted by Crippen LogP contribution is 2.45. The van der Waals surface area contributed by atoms with Crippen molar-refractivity contribution >= 4 is 39.9 Å². The van der Waals surface area contributed by atoms with Crippen LogP contribution in [0.25, 0.3) is 0 Å². The molecular formula is C25H22N4O3S. The summed E-state index contributed by atoms with van der Waals surface area (Å²) in [5.74, 6) is -0.324. The number of thiazole rings is 1. The molecule has 3 aromatic rings. The van der Waals surface area contributed by atoms with Crippen LogP contribution in [0.2, 0.25) is 0 Å². The van der Waals surface area contributed by atoms with Crippen LogP contribution in [0.5, 0.6) is 0 Å². The summed E-state index contributed by atoms with van der Waals surface area (Å²) in [6, 6.07) is 14.7. The van der Waals surface area contributed by atoms with Gasteiger partial charge in [-0.1, -0.05) is 30.3 Å². The fourth-order valence-electron chi connectivity index (χ4n) is 5.04. The molecule has 7 nitrogen and oxygen atoms in total. The molecule has 0 fully saturated rings. The Bertz CT molecular complexity index is 1280. The Kier molecular flexibility index (Phi) is 4.76. The molecule has 33 heavy (non-hydrogen) atoms. The monoisotopic (exact) mass is 458 g/mol. The standard InChI is InChI=1S/C25H22N4O3S/c30-21(27-25-26-18-10-5-12-20(18)33-25)13-6-14-28-22-15-7-1-2-8-16(15)24(32)29(22)19-11-4-3-9-17(19)23(28)31/h1-4,7-9,11,22H,5-6,10,12-14H2,(H,26,27,30)/t22-/m1/s1. The minimum Gasteiger partial charge on any atom is -0.313 e. The molecule has 0 unspecified atom stereocenters. The molecule has 0 saturated carbocycles. The molecule has 3 heterocycles. The SMILES string of the molecule is O=C(CCCN1C(=O)c2ccccc2N2C(=O)c3ccccc3[C@H]12)Nc1nc2c(s1)CCC2. The summed E-state index contributed by atoms with van der Waals surface area (Å²) in [5.41, 5.74) is 3.70. The zero-order valence-corrected chi connectivity index (χ0v) is 18.7. The topological polar surface area (TPSA) is 82.6 Å². The largest absolute Gasteiger partial charge is 0.313 e. The van der Waals surface area contributed by atoms with E-state index in [9.17, 15) is 14.4 Å². The summed E-state index contributed by atoms with van der Waals surface area (Å²) in [6.45, 7) is 0.373. The minimum atomic E-state index is -0.485. The van der Waals surface area contributed by atoms with Crippen molar-refractivity contribution in [1.29, 1.82) is 0 Å². The summed E-state index contributed by atoms with van der Waals surface area (Å²) < 4.78 is 0. The summed E-state index contributed by atoms with van der Waals surface area (Å²) in [7, 11) is 0. The maximum atomic E-state index is 13.4. The van der Waals surface area contributed by atoms with Crippen LogP contribution in [0.1, 0.15) is 62.3 Å². The highest BCUT2D eigenvalue weighted by molar-refractivity contribution is 7.15. The lowest BCUT2D eigenvalue weighted by atomic mass is 10.0. The number of carbonyl (C=O) groups is 3. The van der Waals surface area contributed by atoms with E-state index in [1.165, 1.54) is 4.88 Å². The van der Waals surface area contributed by atoms with E-state index >= 15 is 0 Å². The first-order chi connectivity index (χ1) is 16.1. The first-order valence-corrected chi connectivity index (χ1v) is 12.0. The third kappa shape index (κ3) is 3.24. The lowest BCUT2D eigenvalue weighted by Crippen LogP contribution is -2.48. The maximum Gasteiger partial charge on any atom is 0.260 e. The number of benzene rings is 2. The fourth-order valence-corrected chi connectivity index (χ4v) is 6.10. The van der Waals surface area contributed by atoms with Gasteiger partial charge in [0.1, 0.15) is 6.17 Å². The summed E-state index contributed by atoms with van der Waals surface area (Å²) in [6.07, 6.45) is 3.45. The van der Waals surface area contributed by atoms with Crippen molar-refractivity contribution in [3.63, 3.8) is 0 Å². The molecule has 1 atom stereocenters. The van der Waals surface area contributed by atoms with E-state index in [1.807, 2.05) is 36.4 Å². The van der Waals surface area contributed by atoms with Gasteiger partial charge in [-0.2, -0.15) is 0 Å². The smallest absolute Gasteiger partial charge is 0.260 e. The summed E-state index contributed by atoms with van der Waals surface area (Å²) in [5, 5.41) is 3.57. The van der Waals surface area contributed by atoms with Crippen LogP contribution in [0, 0.1) is 0 Å². The molecule has 0 bridgehead atoms. The number of aromatic nitrogens is 1. The van der Waals surface area contributed by atoms with Crippen LogP contribution in [0.15, 0.2) is 48.5 Å². The number of anilines is 2. The van der Waals surface area contributed by atoms with Gasteiger partial charge in [-0.15, -0.1) is 11.3 Å². The van der Waals surface area contributed by atoms with Crippen molar-refractivity contribution in [1.82, 2.24) is 9.88 Å². The Morgan fingerprint density at radius 2 is 1.82 bits per heavy atom. The van der Waals surface area contributed by atoms with Gasteiger partial charge in [0.2, 0.25) is 5.91 Å². The van der Waals surface area contributed by atoms with Gasteiger partial charge in [-0.3, -0.25) is 19.3 Å². The number of hydrogen-bond acceptors (Lipinski definition) is 5. The Hall–Kier alpha value is -3.52. The number of amides is 3. The number of nitrogens with zero attached hydrogens (tertiary/aromatic N) is 3. The molecular weight excluding hydrogens is 436 g/mol. The number of fused-ring (bicyclic) bond motifs is 6. The molecule has 1 aromatic heterocycles.